The third kappa shape index (κ3) is 4.32. The number of non-ortho nitro benzene ring substituents is 1. The molecule has 26 heavy (non-hydrogen) atoms. The Morgan fingerprint density at radius 1 is 1.23 bits per heavy atom. The number of rotatable bonds is 6. The molecule has 1 fully saturated rings. The number of hydrogen-bond acceptors (Lipinski definition) is 5. The number of anilines is 2. The minimum absolute atomic E-state index is 0.108. The van der Waals surface area contributed by atoms with Gasteiger partial charge in [-0.25, -0.2) is 0 Å². The van der Waals surface area contributed by atoms with Crippen molar-refractivity contribution in [2.75, 3.05) is 30.4 Å². The molecule has 1 heterocycles. The number of nitro groups is 1. The molecule has 0 aromatic heterocycles. The van der Waals surface area contributed by atoms with Crippen molar-refractivity contribution < 1.29 is 9.66 Å². The molecule has 2 aromatic carbocycles. The molecule has 0 amide bonds. The van der Waals surface area contributed by atoms with E-state index in [-0.39, 0.29) is 10.6 Å². The zero-order valence-electron chi connectivity index (χ0n) is 15.3. The lowest BCUT2D eigenvalue weighted by molar-refractivity contribution is -0.384. The van der Waals surface area contributed by atoms with Crippen molar-refractivity contribution in [1.29, 1.82) is 0 Å². The van der Waals surface area contributed by atoms with E-state index in [9.17, 15) is 10.1 Å². The van der Waals surface area contributed by atoms with Gasteiger partial charge < -0.3 is 15.0 Å². The van der Waals surface area contributed by atoms with Crippen LogP contribution in [0.25, 0.3) is 0 Å². The average Bonchev–Trinajstić information content (AvgIpc) is 2.63. The second-order valence-electron chi connectivity index (χ2n) is 6.78. The highest BCUT2D eigenvalue weighted by atomic mass is 16.6. The van der Waals surface area contributed by atoms with Crippen molar-refractivity contribution in [1.82, 2.24) is 0 Å². The number of nitro benzene ring substituents is 1. The maximum absolute atomic E-state index is 11.0. The summed E-state index contributed by atoms with van der Waals surface area (Å²) in [5, 5.41) is 14.6. The summed E-state index contributed by atoms with van der Waals surface area (Å²) in [5.74, 6) is 0. The van der Waals surface area contributed by atoms with Crippen LogP contribution in [0, 0.1) is 17.0 Å². The molecule has 1 aliphatic heterocycles. The first-order valence-electron chi connectivity index (χ1n) is 8.91. The number of ether oxygens (including phenoxy) is 1. The van der Waals surface area contributed by atoms with Gasteiger partial charge in [0.25, 0.3) is 5.69 Å². The number of nitrogens with one attached hydrogen (secondary N) is 1. The summed E-state index contributed by atoms with van der Waals surface area (Å²) in [5.41, 5.74) is 4.43. The van der Waals surface area contributed by atoms with Crippen LogP contribution in [0.15, 0.2) is 42.5 Å². The van der Waals surface area contributed by atoms with E-state index in [1.165, 1.54) is 11.3 Å². The molecule has 1 saturated heterocycles. The molecule has 3 rings (SSSR count). The molecular formula is C20H25N3O3. The van der Waals surface area contributed by atoms with Gasteiger partial charge >= 0.3 is 0 Å². The highest BCUT2D eigenvalue weighted by molar-refractivity contribution is 5.58. The number of hydrogen-bond donors (Lipinski definition) is 1. The van der Waals surface area contributed by atoms with Crippen LogP contribution in [0.3, 0.4) is 0 Å². The van der Waals surface area contributed by atoms with Gasteiger partial charge in [-0.1, -0.05) is 12.1 Å². The maximum atomic E-state index is 11.0. The number of nitrogens with zero attached hydrogens (tertiary/aromatic N) is 2. The number of benzene rings is 2. The average molecular weight is 355 g/mol. The predicted octanol–water partition coefficient (Wildman–Crippen LogP) is 4.13. The fourth-order valence-corrected chi connectivity index (χ4v) is 3.50. The molecule has 0 bridgehead atoms. The van der Waals surface area contributed by atoms with Gasteiger partial charge in [-0.3, -0.25) is 10.1 Å². The largest absolute Gasteiger partial charge is 0.382 e. The molecule has 1 N–H and O–H groups in total. The molecule has 0 saturated carbocycles. The van der Waals surface area contributed by atoms with Crippen LogP contribution in [-0.2, 0) is 11.3 Å². The molecule has 2 aromatic rings. The topological polar surface area (TPSA) is 67.6 Å². The quantitative estimate of drug-likeness (QED) is 0.623. The Kier molecular flexibility index (Phi) is 5.73. The maximum Gasteiger partial charge on any atom is 0.269 e. The van der Waals surface area contributed by atoms with Gasteiger partial charge in [0.1, 0.15) is 0 Å². The lowest BCUT2D eigenvalue weighted by Gasteiger charge is -2.35. The monoisotopic (exact) mass is 355 g/mol. The SMILES string of the molecule is COCc1cc([N+](=O)[O-])ccc1N1CCC(Nc2cccc(C)c2)CC1. The Balaban J connectivity index is 1.66. The summed E-state index contributed by atoms with van der Waals surface area (Å²) in [4.78, 5) is 13.0. The van der Waals surface area contributed by atoms with Crippen molar-refractivity contribution in [2.24, 2.45) is 0 Å². The first-order chi connectivity index (χ1) is 12.6. The number of methoxy groups -OCH3 is 1. The Hall–Kier alpha value is -2.60. The first-order valence-corrected chi connectivity index (χ1v) is 8.91. The molecule has 0 unspecified atom stereocenters. The summed E-state index contributed by atoms with van der Waals surface area (Å²) < 4.78 is 5.24. The fraction of sp³-hybridized carbons (Fsp3) is 0.400. The highest BCUT2D eigenvalue weighted by Crippen LogP contribution is 2.29. The predicted molar refractivity (Wildman–Crippen MR) is 104 cm³/mol. The van der Waals surface area contributed by atoms with Crippen LogP contribution >= 0.6 is 0 Å². The van der Waals surface area contributed by atoms with E-state index in [1.807, 2.05) is 6.07 Å². The summed E-state index contributed by atoms with van der Waals surface area (Å²) in [6.45, 7) is 4.30. The molecule has 0 atom stereocenters. The summed E-state index contributed by atoms with van der Waals surface area (Å²) in [7, 11) is 1.61. The highest BCUT2D eigenvalue weighted by Gasteiger charge is 2.22. The van der Waals surface area contributed by atoms with Crippen molar-refractivity contribution in [2.45, 2.75) is 32.4 Å². The third-order valence-electron chi connectivity index (χ3n) is 4.80. The van der Waals surface area contributed by atoms with E-state index >= 15 is 0 Å². The molecule has 0 aliphatic carbocycles. The third-order valence-corrected chi connectivity index (χ3v) is 4.80. The number of aryl methyl sites for hydroxylation is 1. The smallest absolute Gasteiger partial charge is 0.269 e. The lowest BCUT2D eigenvalue weighted by Crippen LogP contribution is -2.39. The zero-order chi connectivity index (χ0) is 18.5. The van der Waals surface area contributed by atoms with E-state index in [2.05, 4.69) is 41.4 Å². The molecule has 6 heteroatoms. The Morgan fingerprint density at radius 2 is 2.00 bits per heavy atom. The molecule has 138 valence electrons. The van der Waals surface area contributed by atoms with Gasteiger partial charge in [0.15, 0.2) is 0 Å². The Labute approximate surface area is 153 Å². The van der Waals surface area contributed by atoms with Crippen LogP contribution in [-0.4, -0.2) is 31.2 Å². The van der Waals surface area contributed by atoms with Crippen LogP contribution < -0.4 is 10.2 Å². The molecular weight excluding hydrogens is 330 g/mol. The molecule has 0 radical (unpaired) electrons. The Morgan fingerprint density at radius 3 is 2.65 bits per heavy atom. The Bertz CT molecular complexity index is 771. The van der Waals surface area contributed by atoms with Crippen LogP contribution in [0.2, 0.25) is 0 Å². The van der Waals surface area contributed by atoms with Crippen LogP contribution in [0.1, 0.15) is 24.0 Å². The normalized spacial score (nSPS) is 15.1. The summed E-state index contributed by atoms with van der Waals surface area (Å²) in [6.07, 6.45) is 2.05. The van der Waals surface area contributed by atoms with Crippen LogP contribution in [0.4, 0.5) is 17.1 Å². The van der Waals surface area contributed by atoms with Crippen molar-refractivity contribution in [3.05, 3.63) is 63.7 Å². The molecule has 1 aliphatic rings. The van der Waals surface area contributed by atoms with Gasteiger partial charge in [-0.05, 0) is 43.5 Å². The summed E-state index contributed by atoms with van der Waals surface area (Å²) in [6, 6.07) is 13.9. The standard InChI is InChI=1S/C20H25N3O3/c1-15-4-3-5-18(12-15)21-17-8-10-22(11-9-17)20-7-6-19(23(24)25)13-16(20)14-26-2/h3-7,12-13,17,21H,8-11,14H2,1-2H3. The van der Waals surface area contributed by atoms with E-state index in [1.54, 1.807) is 19.2 Å². The lowest BCUT2D eigenvalue weighted by atomic mass is 10.0. The van der Waals surface area contributed by atoms with Crippen molar-refractivity contribution >= 4 is 17.1 Å². The second-order valence-corrected chi connectivity index (χ2v) is 6.78. The van der Waals surface area contributed by atoms with Crippen LogP contribution in [0.5, 0.6) is 0 Å². The fourth-order valence-electron chi connectivity index (χ4n) is 3.50. The minimum atomic E-state index is -0.360. The minimum Gasteiger partial charge on any atom is -0.382 e. The molecule has 6 nitrogen and oxygen atoms in total. The van der Waals surface area contributed by atoms with Gasteiger partial charge in [0.2, 0.25) is 0 Å². The van der Waals surface area contributed by atoms with Gasteiger partial charge in [0.05, 0.1) is 11.5 Å². The van der Waals surface area contributed by atoms with Crippen molar-refractivity contribution in [3.8, 4) is 0 Å². The second kappa shape index (κ2) is 8.19. The first kappa shape index (κ1) is 18.2. The summed E-state index contributed by atoms with van der Waals surface area (Å²) >= 11 is 0. The zero-order valence-corrected chi connectivity index (χ0v) is 15.3. The van der Waals surface area contributed by atoms with E-state index in [0.717, 1.165) is 37.2 Å². The molecule has 0 spiro atoms. The van der Waals surface area contributed by atoms with E-state index in [4.69, 9.17) is 4.74 Å². The van der Waals surface area contributed by atoms with Gasteiger partial charge in [-0.15, -0.1) is 0 Å². The van der Waals surface area contributed by atoms with Crippen molar-refractivity contribution in [3.63, 3.8) is 0 Å². The van der Waals surface area contributed by atoms with Gasteiger partial charge in [-0.2, -0.15) is 0 Å². The number of piperidine rings is 1. The van der Waals surface area contributed by atoms with E-state index < -0.39 is 0 Å². The van der Waals surface area contributed by atoms with E-state index in [0.29, 0.717) is 12.6 Å². The van der Waals surface area contributed by atoms with Gasteiger partial charge in [0, 0.05) is 55.3 Å².